The monoisotopic (exact) mass is 676 g/mol. The van der Waals surface area contributed by atoms with E-state index >= 15 is 0 Å². The van der Waals surface area contributed by atoms with Crippen LogP contribution in [0.4, 0.5) is 34.1 Å². The zero-order valence-corrected chi connectivity index (χ0v) is 28.8. The summed E-state index contributed by atoms with van der Waals surface area (Å²) >= 11 is 0. The van der Waals surface area contributed by atoms with Gasteiger partial charge in [-0.15, -0.1) is 0 Å². The first-order valence-electron chi connectivity index (χ1n) is 18.1. The van der Waals surface area contributed by atoms with E-state index in [2.05, 4.69) is 208 Å². The number of imidazole rings is 1. The third-order valence-corrected chi connectivity index (χ3v) is 10.6. The first-order chi connectivity index (χ1) is 26.3. The van der Waals surface area contributed by atoms with Gasteiger partial charge in [-0.1, -0.05) is 133 Å². The van der Waals surface area contributed by atoms with Crippen LogP contribution in [0.5, 0.6) is 0 Å². The summed E-state index contributed by atoms with van der Waals surface area (Å²) in [6.45, 7) is 0. The van der Waals surface area contributed by atoms with Crippen molar-refractivity contribution in [2.45, 2.75) is 0 Å². The Labute approximate surface area is 308 Å². The number of anilines is 6. The molecule has 2 aliphatic heterocycles. The largest absolute Gasteiger partial charge is 0.306 e. The fraction of sp³-hybridized carbons (Fsp3) is 0. The van der Waals surface area contributed by atoms with E-state index in [-0.39, 0.29) is 0 Å². The fourth-order valence-corrected chi connectivity index (χ4v) is 8.34. The van der Waals surface area contributed by atoms with Gasteiger partial charge in [-0.25, -0.2) is 4.98 Å². The lowest BCUT2D eigenvalue weighted by molar-refractivity contribution is 1.10. The molecule has 0 aliphatic carbocycles. The summed E-state index contributed by atoms with van der Waals surface area (Å²) in [7, 11) is 0. The van der Waals surface area contributed by atoms with Crippen molar-refractivity contribution in [1.29, 1.82) is 0 Å². The van der Waals surface area contributed by atoms with Crippen molar-refractivity contribution in [3.8, 4) is 50.5 Å². The maximum atomic E-state index is 5.16. The van der Waals surface area contributed by atoms with Crippen LogP contribution in [0.3, 0.4) is 0 Å². The van der Waals surface area contributed by atoms with E-state index in [0.29, 0.717) is 0 Å². The molecule has 0 N–H and O–H groups in total. The summed E-state index contributed by atoms with van der Waals surface area (Å²) < 4.78 is 2.31. The van der Waals surface area contributed by atoms with E-state index in [9.17, 15) is 0 Å². The summed E-state index contributed by atoms with van der Waals surface area (Å²) in [6, 6.07) is 69.8. The normalized spacial score (nSPS) is 12.5. The Balaban J connectivity index is 1.17. The second kappa shape index (κ2) is 11.7. The zero-order valence-electron chi connectivity index (χ0n) is 28.8. The Bertz CT molecular complexity index is 2850. The average Bonchev–Trinajstić information content (AvgIpc) is 3.57. The zero-order chi connectivity index (χ0) is 34.9. The highest BCUT2D eigenvalue weighted by atomic mass is 15.3. The van der Waals surface area contributed by atoms with Gasteiger partial charge in [-0.2, -0.15) is 0 Å². The van der Waals surface area contributed by atoms with Crippen LogP contribution < -0.4 is 9.80 Å². The molecule has 0 radical (unpaired) electrons. The number of para-hydroxylation sites is 5. The number of aromatic nitrogens is 2. The second-order valence-corrected chi connectivity index (χ2v) is 13.6. The van der Waals surface area contributed by atoms with Crippen LogP contribution in [-0.4, -0.2) is 9.55 Å². The first-order valence-corrected chi connectivity index (χ1v) is 18.1. The maximum Gasteiger partial charge on any atom is 0.145 e. The molecule has 2 aliphatic rings. The minimum absolute atomic E-state index is 0.927. The third-order valence-electron chi connectivity index (χ3n) is 10.6. The highest BCUT2D eigenvalue weighted by Gasteiger charge is 2.36. The first kappa shape index (κ1) is 29.5. The van der Waals surface area contributed by atoms with Crippen LogP contribution in [0.15, 0.2) is 194 Å². The van der Waals surface area contributed by atoms with E-state index in [4.69, 9.17) is 4.98 Å². The molecule has 0 bridgehead atoms. The molecule has 248 valence electrons. The van der Waals surface area contributed by atoms with Crippen LogP contribution in [0.2, 0.25) is 0 Å². The molecule has 8 aromatic carbocycles. The van der Waals surface area contributed by atoms with Crippen molar-refractivity contribution in [1.82, 2.24) is 9.55 Å². The lowest BCUT2D eigenvalue weighted by Gasteiger charge is -2.41. The standard InChI is InChI=1S/C49H32N4/c1-3-15-33(16-4-1)35-19-13-20-36(31-35)51-45-26-11-12-27-46(45)53-43-30-29-37(52-44-25-10-9-24-42(44)50-49(52)34-17-5-2-6-18-34)32-41(43)39-22-8-7-21-38(39)40-23-14-28-47(51)48(40)53/h1-32H. The third kappa shape index (κ3) is 4.52. The molecule has 0 atom stereocenters. The minimum Gasteiger partial charge on any atom is -0.306 e. The molecule has 1 aromatic heterocycles. The smallest absolute Gasteiger partial charge is 0.145 e. The molecular weight excluding hydrogens is 645 g/mol. The van der Waals surface area contributed by atoms with Gasteiger partial charge < -0.3 is 9.80 Å². The Morgan fingerprint density at radius 2 is 0.943 bits per heavy atom. The molecule has 0 saturated carbocycles. The molecule has 3 heterocycles. The number of hydrogen-bond acceptors (Lipinski definition) is 3. The number of rotatable bonds is 4. The predicted molar refractivity (Wildman–Crippen MR) is 219 cm³/mol. The molecule has 4 heteroatoms. The highest BCUT2D eigenvalue weighted by Crippen LogP contribution is 2.61. The quantitative estimate of drug-likeness (QED) is 0.185. The van der Waals surface area contributed by atoms with Gasteiger partial charge in [0, 0.05) is 28.1 Å². The van der Waals surface area contributed by atoms with Crippen molar-refractivity contribution < 1.29 is 0 Å². The Morgan fingerprint density at radius 1 is 0.340 bits per heavy atom. The van der Waals surface area contributed by atoms with Gasteiger partial charge in [0.1, 0.15) is 5.82 Å². The van der Waals surface area contributed by atoms with Crippen molar-refractivity contribution >= 4 is 45.2 Å². The topological polar surface area (TPSA) is 24.3 Å². The average molecular weight is 677 g/mol. The van der Waals surface area contributed by atoms with Crippen molar-refractivity contribution in [3.63, 3.8) is 0 Å². The molecule has 0 amide bonds. The van der Waals surface area contributed by atoms with E-state index in [0.717, 1.165) is 56.5 Å². The molecule has 0 saturated heterocycles. The Hall–Kier alpha value is -7.17. The highest BCUT2D eigenvalue weighted by molar-refractivity contribution is 6.12. The van der Waals surface area contributed by atoms with Gasteiger partial charge in [-0.05, 0) is 82.9 Å². The molecule has 53 heavy (non-hydrogen) atoms. The number of benzene rings is 8. The lowest BCUT2D eigenvalue weighted by Crippen LogP contribution is -2.24. The Kier molecular flexibility index (Phi) is 6.52. The fourth-order valence-electron chi connectivity index (χ4n) is 8.34. The molecule has 4 nitrogen and oxygen atoms in total. The Morgan fingerprint density at radius 3 is 1.75 bits per heavy atom. The second-order valence-electron chi connectivity index (χ2n) is 13.6. The van der Waals surface area contributed by atoms with E-state index in [1.165, 1.54) is 39.1 Å². The van der Waals surface area contributed by atoms with E-state index in [1.54, 1.807) is 0 Å². The van der Waals surface area contributed by atoms with Crippen molar-refractivity contribution in [2.75, 3.05) is 9.80 Å². The summed E-state index contributed by atoms with van der Waals surface area (Å²) in [4.78, 5) is 10.1. The molecule has 9 aromatic rings. The van der Waals surface area contributed by atoms with Gasteiger partial charge in [0.05, 0.1) is 39.5 Å². The van der Waals surface area contributed by atoms with E-state index < -0.39 is 0 Å². The number of fused-ring (bicyclic) bond motifs is 8. The molecular formula is C49H32N4. The maximum absolute atomic E-state index is 5.16. The predicted octanol–water partition coefficient (Wildman–Crippen LogP) is 13.3. The van der Waals surface area contributed by atoms with Crippen molar-refractivity contribution in [2.24, 2.45) is 0 Å². The minimum atomic E-state index is 0.927. The van der Waals surface area contributed by atoms with Crippen LogP contribution >= 0.6 is 0 Å². The molecule has 0 spiro atoms. The lowest BCUT2D eigenvalue weighted by atomic mass is 9.93. The summed E-state index contributed by atoms with van der Waals surface area (Å²) in [5, 5.41) is 0. The summed E-state index contributed by atoms with van der Waals surface area (Å²) in [6.07, 6.45) is 0. The molecule has 11 rings (SSSR count). The van der Waals surface area contributed by atoms with E-state index in [1.807, 2.05) is 0 Å². The van der Waals surface area contributed by atoms with Crippen molar-refractivity contribution in [3.05, 3.63) is 194 Å². The van der Waals surface area contributed by atoms with Gasteiger partial charge >= 0.3 is 0 Å². The van der Waals surface area contributed by atoms with Gasteiger partial charge in [-0.3, -0.25) is 4.57 Å². The van der Waals surface area contributed by atoms with Crippen LogP contribution in [0, 0.1) is 0 Å². The van der Waals surface area contributed by atoms with Crippen LogP contribution in [-0.2, 0) is 0 Å². The number of nitrogens with zero attached hydrogens (tertiary/aromatic N) is 4. The number of hydrogen-bond donors (Lipinski definition) is 0. The SMILES string of the molecule is c1ccc(-c2cccc(N3c4ccccc4N4c5ccc(-n6c(-c7ccccc7)nc7ccccc76)cc5-c5ccccc5-c5cccc3c54)c2)cc1. The molecule has 0 unspecified atom stereocenters. The van der Waals surface area contributed by atoms with Gasteiger partial charge in [0.15, 0.2) is 0 Å². The van der Waals surface area contributed by atoms with Crippen LogP contribution in [0.25, 0.3) is 61.5 Å². The van der Waals surface area contributed by atoms with Gasteiger partial charge in [0.2, 0.25) is 0 Å². The summed E-state index contributed by atoms with van der Waals surface area (Å²) in [5.74, 6) is 0.927. The van der Waals surface area contributed by atoms with Gasteiger partial charge in [0.25, 0.3) is 0 Å². The molecule has 0 fully saturated rings. The summed E-state index contributed by atoms with van der Waals surface area (Å²) in [5.41, 5.74) is 18.2. The van der Waals surface area contributed by atoms with Crippen LogP contribution in [0.1, 0.15) is 0 Å².